The van der Waals surface area contributed by atoms with Crippen LogP contribution in [-0.2, 0) is 0 Å². The first-order chi connectivity index (χ1) is 6.84. The number of halogens is 1. The zero-order valence-corrected chi connectivity index (χ0v) is 7.92. The number of hydrogen-bond acceptors (Lipinski definition) is 2. The maximum atomic E-state index is 5.96. The molecule has 0 atom stereocenters. The van der Waals surface area contributed by atoms with Gasteiger partial charge in [-0.3, -0.25) is 0 Å². The third-order valence-corrected chi connectivity index (χ3v) is 2.56. The summed E-state index contributed by atoms with van der Waals surface area (Å²) in [6, 6.07) is 5.96. The van der Waals surface area contributed by atoms with Gasteiger partial charge in [0.1, 0.15) is 11.5 Å². The quantitative estimate of drug-likeness (QED) is 0.571. The molecule has 3 nitrogen and oxygen atoms in total. The van der Waals surface area contributed by atoms with Gasteiger partial charge in [0.15, 0.2) is 0 Å². The molecule has 68 valence electrons. The highest BCUT2D eigenvalue weighted by molar-refractivity contribution is 6.34. The lowest BCUT2D eigenvalue weighted by molar-refractivity contribution is 1.22. The average molecular weight is 204 g/mol. The van der Waals surface area contributed by atoms with Gasteiger partial charge in [0.2, 0.25) is 0 Å². The molecule has 0 bridgehead atoms. The molecule has 2 heterocycles. The molecule has 0 radical (unpaired) electrons. The molecule has 0 aliphatic carbocycles. The number of H-pyrrole nitrogens is 1. The minimum Gasteiger partial charge on any atom is -0.361 e. The summed E-state index contributed by atoms with van der Waals surface area (Å²) in [6.45, 7) is 0. The number of benzene rings is 1. The van der Waals surface area contributed by atoms with Crippen LogP contribution in [0.5, 0.6) is 0 Å². The van der Waals surface area contributed by atoms with E-state index in [1.165, 1.54) is 6.33 Å². The summed E-state index contributed by atoms with van der Waals surface area (Å²) < 4.78 is 0. The van der Waals surface area contributed by atoms with Crippen LogP contribution in [0.25, 0.3) is 21.8 Å². The van der Waals surface area contributed by atoms with Gasteiger partial charge in [-0.05, 0) is 18.2 Å². The largest absolute Gasteiger partial charge is 0.361 e. The molecule has 3 aromatic rings. The van der Waals surface area contributed by atoms with Crippen LogP contribution in [0.15, 0.2) is 30.7 Å². The molecule has 1 N–H and O–H groups in total. The molecule has 0 aliphatic rings. The van der Waals surface area contributed by atoms with Crippen molar-refractivity contribution in [2.24, 2.45) is 0 Å². The minimum atomic E-state index is 0.498. The Bertz CT molecular complexity index is 615. The van der Waals surface area contributed by atoms with Gasteiger partial charge in [-0.25, -0.2) is 9.97 Å². The molecule has 3 rings (SSSR count). The van der Waals surface area contributed by atoms with E-state index in [1.54, 1.807) is 0 Å². The second kappa shape index (κ2) is 2.69. The van der Waals surface area contributed by atoms with Crippen molar-refractivity contribution in [1.29, 1.82) is 0 Å². The van der Waals surface area contributed by atoms with Gasteiger partial charge in [-0.1, -0.05) is 11.6 Å². The SMILES string of the molecule is Clc1ncnc2cc3[nH]ccc3cc12. The second-order valence-electron chi connectivity index (χ2n) is 3.10. The highest BCUT2D eigenvalue weighted by atomic mass is 35.5. The normalized spacial score (nSPS) is 11.2. The molecule has 0 unspecified atom stereocenters. The molecule has 0 aliphatic heterocycles. The number of fused-ring (bicyclic) bond motifs is 2. The molecule has 0 amide bonds. The van der Waals surface area contributed by atoms with Crippen molar-refractivity contribution in [2.75, 3.05) is 0 Å². The van der Waals surface area contributed by atoms with E-state index in [1.807, 2.05) is 24.4 Å². The topological polar surface area (TPSA) is 41.6 Å². The first-order valence-electron chi connectivity index (χ1n) is 4.22. The van der Waals surface area contributed by atoms with Crippen LogP contribution in [-0.4, -0.2) is 15.0 Å². The van der Waals surface area contributed by atoms with Crippen LogP contribution in [0.2, 0.25) is 5.15 Å². The van der Waals surface area contributed by atoms with Crippen molar-refractivity contribution in [3.63, 3.8) is 0 Å². The highest BCUT2D eigenvalue weighted by Crippen LogP contribution is 2.24. The third kappa shape index (κ3) is 0.992. The number of nitrogens with zero attached hydrogens (tertiary/aromatic N) is 2. The van der Waals surface area contributed by atoms with Gasteiger partial charge in [0.25, 0.3) is 0 Å². The number of rotatable bonds is 0. The Hall–Kier alpha value is -1.61. The molecule has 1 aromatic carbocycles. The minimum absolute atomic E-state index is 0.498. The molecule has 2 aromatic heterocycles. The Morgan fingerprint density at radius 3 is 3.07 bits per heavy atom. The first kappa shape index (κ1) is 7.76. The van der Waals surface area contributed by atoms with E-state index in [2.05, 4.69) is 15.0 Å². The second-order valence-corrected chi connectivity index (χ2v) is 3.46. The van der Waals surface area contributed by atoms with E-state index in [9.17, 15) is 0 Å². The van der Waals surface area contributed by atoms with Crippen molar-refractivity contribution in [3.8, 4) is 0 Å². The van der Waals surface area contributed by atoms with E-state index in [4.69, 9.17) is 11.6 Å². The van der Waals surface area contributed by atoms with Crippen LogP contribution in [0.4, 0.5) is 0 Å². The Morgan fingerprint density at radius 2 is 2.14 bits per heavy atom. The maximum absolute atomic E-state index is 5.96. The number of aromatic amines is 1. The fraction of sp³-hybridized carbons (Fsp3) is 0. The van der Waals surface area contributed by atoms with Crippen LogP contribution in [0.1, 0.15) is 0 Å². The Labute approximate surface area is 84.7 Å². The van der Waals surface area contributed by atoms with E-state index in [-0.39, 0.29) is 0 Å². The summed E-state index contributed by atoms with van der Waals surface area (Å²) in [4.78, 5) is 11.2. The Morgan fingerprint density at radius 1 is 1.21 bits per heavy atom. The van der Waals surface area contributed by atoms with Gasteiger partial charge in [0.05, 0.1) is 5.52 Å². The first-order valence-corrected chi connectivity index (χ1v) is 4.60. The highest BCUT2D eigenvalue weighted by Gasteiger charge is 2.03. The predicted octanol–water partition coefficient (Wildman–Crippen LogP) is 2.76. The van der Waals surface area contributed by atoms with E-state index < -0.39 is 0 Å². The molecular formula is C10H6ClN3. The van der Waals surface area contributed by atoms with Gasteiger partial charge >= 0.3 is 0 Å². The van der Waals surface area contributed by atoms with Gasteiger partial charge in [0, 0.05) is 22.5 Å². The van der Waals surface area contributed by atoms with Gasteiger partial charge in [-0.15, -0.1) is 0 Å². The lowest BCUT2D eigenvalue weighted by Crippen LogP contribution is -1.83. The van der Waals surface area contributed by atoms with Crippen LogP contribution in [0, 0.1) is 0 Å². The van der Waals surface area contributed by atoms with Crippen LogP contribution >= 0.6 is 11.6 Å². The monoisotopic (exact) mass is 203 g/mol. The lowest BCUT2D eigenvalue weighted by atomic mass is 10.2. The zero-order chi connectivity index (χ0) is 9.54. The smallest absolute Gasteiger partial charge is 0.140 e. The standard InChI is InChI=1S/C10H6ClN3/c11-10-7-3-6-1-2-12-8(6)4-9(7)13-5-14-10/h1-5,12H. The zero-order valence-electron chi connectivity index (χ0n) is 7.16. The maximum Gasteiger partial charge on any atom is 0.140 e. The third-order valence-electron chi connectivity index (χ3n) is 2.26. The average Bonchev–Trinajstić information content (AvgIpc) is 2.62. The number of aromatic nitrogens is 3. The fourth-order valence-corrected chi connectivity index (χ4v) is 1.77. The van der Waals surface area contributed by atoms with E-state index in [0.717, 1.165) is 21.8 Å². The van der Waals surface area contributed by atoms with Crippen molar-refractivity contribution < 1.29 is 0 Å². The van der Waals surface area contributed by atoms with Gasteiger partial charge < -0.3 is 4.98 Å². The predicted molar refractivity (Wildman–Crippen MR) is 56.4 cm³/mol. The van der Waals surface area contributed by atoms with Crippen LogP contribution in [0.3, 0.4) is 0 Å². The summed E-state index contributed by atoms with van der Waals surface area (Å²) in [7, 11) is 0. The molecule has 0 spiro atoms. The molecule has 0 saturated carbocycles. The molecule has 0 fully saturated rings. The Balaban J connectivity index is 2.57. The van der Waals surface area contributed by atoms with Crippen molar-refractivity contribution in [2.45, 2.75) is 0 Å². The van der Waals surface area contributed by atoms with Crippen molar-refractivity contribution >= 4 is 33.4 Å². The van der Waals surface area contributed by atoms with Crippen molar-refractivity contribution in [1.82, 2.24) is 15.0 Å². The molecule has 14 heavy (non-hydrogen) atoms. The Kier molecular flexibility index (Phi) is 1.49. The van der Waals surface area contributed by atoms with Gasteiger partial charge in [-0.2, -0.15) is 0 Å². The van der Waals surface area contributed by atoms with Crippen LogP contribution < -0.4 is 0 Å². The van der Waals surface area contributed by atoms with Crippen molar-refractivity contribution in [3.05, 3.63) is 35.9 Å². The summed E-state index contributed by atoms with van der Waals surface area (Å²) in [5.74, 6) is 0. The molecule has 4 heteroatoms. The van der Waals surface area contributed by atoms with E-state index in [0.29, 0.717) is 5.15 Å². The molecule has 0 saturated heterocycles. The lowest BCUT2D eigenvalue weighted by Gasteiger charge is -1.98. The number of nitrogens with one attached hydrogen (secondary N) is 1. The summed E-state index contributed by atoms with van der Waals surface area (Å²) >= 11 is 5.96. The summed E-state index contributed by atoms with van der Waals surface area (Å²) in [5.41, 5.74) is 1.92. The molecular weight excluding hydrogens is 198 g/mol. The van der Waals surface area contributed by atoms with E-state index >= 15 is 0 Å². The summed E-state index contributed by atoms with van der Waals surface area (Å²) in [6.07, 6.45) is 3.37. The number of hydrogen-bond donors (Lipinski definition) is 1. The fourth-order valence-electron chi connectivity index (χ4n) is 1.57. The summed E-state index contributed by atoms with van der Waals surface area (Å²) in [5, 5.41) is 2.51.